The van der Waals surface area contributed by atoms with E-state index in [-0.39, 0.29) is 0 Å². The molecule has 2 rings (SSSR count). The molecule has 1 fully saturated rings. The molecule has 3 heteroatoms. The second-order valence-corrected chi connectivity index (χ2v) is 4.72. The highest BCUT2D eigenvalue weighted by Crippen LogP contribution is 2.20. The van der Waals surface area contributed by atoms with Crippen molar-refractivity contribution in [1.82, 2.24) is 0 Å². The predicted molar refractivity (Wildman–Crippen MR) is 64.0 cm³/mol. The van der Waals surface area contributed by atoms with Crippen molar-refractivity contribution in [2.75, 3.05) is 18.0 Å². The van der Waals surface area contributed by atoms with Gasteiger partial charge in [0.15, 0.2) is 0 Å². The number of hydrogen-bond acceptors (Lipinski definition) is 2. The Hall–Kier alpha value is -0.290. The predicted octanol–water partition coefficient (Wildman–Crippen LogP) is 1.83. The zero-order valence-corrected chi connectivity index (χ0v) is 9.57. The molecule has 13 heavy (non-hydrogen) atoms. The first-order valence-corrected chi connectivity index (χ1v) is 5.59. The molecule has 1 aliphatic rings. The molecule has 2 nitrogen and oxygen atoms in total. The summed E-state index contributed by atoms with van der Waals surface area (Å²) in [6, 6.07) is 8.97. The third-order valence-electron chi connectivity index (χ3n) is 2.42. The molecule has 1 saturated heterocycles. The van der Waals surface area contributed by atoms with Gasteiger partial charge in [0.2, 0.25) is 0 Å². The summed E-state index contributed by atoms with van der Waals surface area (Å²) in [6.45, 7) is 2.10. The number of nitrogens with two attached hydrogens (primary N) is 1. The average Bonchev–Trinajstić information content (AvgIpc) is 2.53. The minimum absolute atomic E-state index is 0.360. The zero-order chi connectivity index (χ0) is 9.26. The van der Waals surface area contributed by atoms with Crippen molar-refractivity contribution in [2.45, 2.75) is 12.5 Å². The van der Waals surface area contributed by atoms with Gasteiger partial charge in [0.05, 0.1) is 0 Å². The van der Waals surface area contributed by atoms with Crippen LogP contribution in [0, 0.1) is 3.57 Å². The van der Waals surface area contributed by atoms with E-state index >= 15 is 0 Å². The van der Waals surface area contributed by atoms with Gasteiger partial charge in [-0.2, -0.15) is 0 Å². The van der Waals surface area contributed by atoms with E-state index in [4.69, 9.17) is 5.73 Å². The molecule has 0 saturated carbocycles. The fourth-order valence-corrected chi connectivity index (χ4v) is 2.03. The summed E-state index contributed by atoms with van der Waals surface area (Å²) in [5.41, 5.74) is 7.15. The summed E-state index contributed by atoms with van der Waals surface area (Å²) in [5.74, 6) is 0. The molecule has 0 aromatic heterocycles. The summed E-state index contributed by atoms with van der Waals surface area (Å²) in [7, 11) is 0. The molecule has 1 heterocycles. The molecular formula is C10H13IN2. The summed E-state index contributed by atoms with van der Waals surface area (Å²) >= 11 is 2.32. The third kappa shape index (κ3) is 2.14. The van der Waals surface area contributed by atoms with Crippen LogP contribution in [0.5, 0.6) is 0 Å². The fourth-order valence-electron chi connectivity index (χ4n) is 1.67. The molecule has 0 spiro atoms. The molecule has 0 bridgehead atoms. The van der Waals surface area contributed by atoms with Crippen LogP contribution in [0.25, 0.3) is 0 Å². The van der Waals surface area contributed by atoms with Gasteiger partial charge in [0, 0.05) is 28.4 Å². The lowest BCUT2D eigenvalue weighted by Crippen LogP contribution is -2.26. The summed E-state index contributed by atoms with van der Waals surface area (Å²) in [4.78, 5) is 2.35. The monoisotopic (exact) mass is 288 g/mol. The van der Waals surface area contributed by atoms with Crippen LogP contribution in [-0.2, 0) is 0 Å². The van der Waals surface area contributed by atoms with E-state index < -0.39 is 0 Å². The largest absolute Gasteiger partial charge is 0.370 e. The Morgan fingerprint density at radius 2 is 2.00 bits per heavy atom. The first kappa shape index (κ1) is 9.27. The van der Waals surface area contributed by atoms with E-state index in [9.17, 15) is 0 Å². The molecular weight excluding hydrogens is 275 g/mol. The minimum Gasteiger partial charge on any atom is -0.370 e. The number of anilines is 1. The highest BCUT2D eigenvalue weighted by Gasteiger charge is 2.18. The first-order chi connectivity index (χ1) is 6.25. The lowest BCUT2D eigenvalue weighted by Gasteiger charge is -2.17. The van der Waals surface area contributed by atoms with Crippen molar-refractivity contribution >= 4 is 28.3 Å². The highest BCUT2D eigenvalue weighted by molar-refractivity contribution is 14.1. The normalized spacial score (nSPS) is 22.3. The number of hydrogen-bond donors (Lipinski definition) is 1. The Morgan fingerprint density at radius 3 is 2.54 bits per heavy atom. The Morgan fingerprint density at radius 1 is 1.31 bits per heavy atom. The lowest BCUT2D eigenvalue weighted by molar-refractivity contribution is 0.752. The summed E-state index contributed by atoms with van der Waals surface area (Å²) in [5, 5.41) is 0. The van der Waals surface area contributed by atoms with Gasteiger partial charge in [-0.1, -0.05) is 0 Å². The first-order valence-electron chi connectivity index (χ1n) is 4.52. The standard InChI is InChI=1S/C10H13IN2/c11-8-1-3-10(4-2-8)13-6-5-9(12)7-13/h1-4,9H,5-7,12H2/t9-/m0/s1. The van der Waals surface area contributed by atoms with Gasteiger partial charge in [-0.15, -0.1) is 0 Å². The van der Waals surface area contributed by atoms with E-state index in [0.717, 1.165) is 19.5 Å². The maximum Gasteiger partial charge on any atom is 0.0367 e. The van der Waals surface area contributed by atoms with Crippen molar-refractivity contribution in [3.8, 4) is 0 Å². The molecule has 1 aliphatic heterocycles. The number of benzene rings is 1. The van der Waals surface area contributed by atoms with Crippen LogP contribution >= 0.6 is 22.6 Å². The molecule has 1 aromatic rings. The zero-order valence-electron chi connectivity index (χ0n) is 7.41. The molecule has 0 amide bonds. The topological polar surface area (TPSA) is 29.3 Å². The van der Waals surface area contributed by atoms with E-state index in [1.807, 2.05) is 0 Å². The van der Waals surface area contributed by atoms with Crippen molar-refractivity contribution in [3.05, 3.63) is 27.8 Å². The van der Waals surface area contributed by atoms with Crippen molar-refractivity contribution in [2.24, 2.45) is 5.73 Å². The smallest absolute Gasteiger partial charge is 0.0367 e. The Kier molecular flexibility index (Phi) is 2.74. The molecule has 1 atom stereocenters. The molecule has 0 aliphatic carbocycles. The van der Waals surface area contributed by atoms with E-state index in [2.05, 4.69) is 51.8 Å². The Bertz CT molecular complexity index is 283. The second-order valence-electron chi connectivity index (χ2n) is 3.47. The van der Waals surface area contributed by atoms with Gasteiger partial charge in [0.25, 0.3) is 0 Å². The van der Waals surface area contributed by atoms with Crippen molar-refractivity contribution in [1.29, 1.82) is 0 Å². The number of halogens is 1. The van der Waals surface area contributed by atoms with Crippen LogP contribution in [0.3, 0.4) is 0 Å². The highest BCUT2D eigenvalue weighted by atomic mass is 127. The van der Waals surface area contributed by atoms with E-state index in [1.165, 1.54) is 9.26 Å². The Balaban J connectivity index is 2.13. The maximum absolute atomic E-state index is 5.85. The van der Waals surface area contributed by atoms with Gasteiger partial charge in [-0.25, -0.2) is 0 Å². The average molecular weight is 288 g/mol. The van der Waals surface area contributed by atoms with Crippen molar-refractivity contribution in [3.63, 3.8) is 0 Å². The second kappa shape index (κ2) is 3.84. The van der Waals surface area contributed by atoms with E-state index in [0.29, 0.717) is 6.04 Å². The Labute approximate surface area is 92.2 Å². The van der Waals surface area contributed by atoms with Gasteiger partial charge in [-0.3, -0.25) is 0 Å². The SMILES string of the molecule is N[C@H]1CCN(c2ccc(I)cc2)C1. The lowest BCUT2D eigenvalue weighted by atomic mass is 10.3. The third-order valence-corrected chi connectivity index (χ3v) is 3.14. The molecule has 0 unspecified atom stereocenters. The van der Waals surface area contributed by atoms with Gasteiger partial charge in [-0.05, 0) is 53.3 Å². The van der Waals surface area contributed by atoms with Gasteiger partial charge >= 0.3 is 0 Å². The van der Waals surface area contributed by atoms with Crippen LogP contribution < -0.4 is 10.6 Å². The van der Waals surface area contributed by atoms with Crippen LogP contribution in [-0.4, -0.2) is 19.1 Å². The molecule has 1 aromatic carbocycles. The fraction of sp³-hybridized carbons (Fsp3) is 0.400. The summed E-state index contributed by atoms with van der Waals surface area (Å²) < 4.78 is 1.28. The number of rotatable bonds is 1. The molecule has 2 N–H and O–H groups in total. The van der Waals surface area contributed by atoms with Gasteiger partial charge in [0.1, 0.15) is 0 Å². The van der Waals surface area contributed by atoms with Crippen LogP contribution in [0.2, 0.25) is 0 Å². The minimum atomic E-state index is 0.360. The van der Waals surface area contributed by atoms with Crippen LogP contribution in [0.15, 0.2) is 24.3 Å². The van der Waals surface area contributed by atoms with Gasteiger partial charge < -0.3 is 10.6 Å². The summed E-state index contributed by atoms with van der Waals surface area (Å²) in [6.07, 6.45) is 1.12. The maximum atomic E-state index is 5.85. The number of nitrogens with zero attached hydrogens (tertiary/aromatic N) is 1. The van der Waals surface area contributed by atoms with E-state index in [1.54, 1.807) is 0 Å². The van der Waals surface area contributed by atoms with Crippen LogP contribution in [0.1, 0.15) is 6.42 Å². The van der Waals surface area contributed by atoms with Crippen LogP contribution in [0.4, 0.5) is 5.69 Å². The molecule has 70 valence electrons. The van der Waals surface area contributed by atoms with Crippen molar-refractivity contribution < 1.29 is 0 Å². The molecule has 0 radical (unpaired) electrons. The quantitative estimate of drug-likeness (QED) is 0.799.